The summed E-state index contributed by atoms with van der Waals surface area (Å²) in [4.78, 5) is 55.1. The van der Waals surface area contributed by atoms with Gasteiger partial charge < -0.3 is 20.4 Å². The van der Waals surface area contributed by atoms with Crippen molar-refractivity contribution in [3.05, 3.63) is 140 Å². The summed E-state index contributed by atoms with van der Waals surface area (Å²) in [7, 11) is 0. The third kappa shape index (κ3) is 4.40. The molecule has 0 radical (unpaired) electrons. The third-order valence-corrected chi connectivity index (χ3v) is 7.90. The van der Waals surface area contributed by atoms with Crippen molar-refractivity contribution >= 4 is 23.1 Å². The first-order valence-corrected chi connectivity index (χ1v) is 13.4. The second-order valence-corrected chi connectivity index (χ2v) is 10.5. The van der Waals surface area contributed by atoms with Crippen molar-refractivity contribution in [2.75, 3.05) is 0 Å². The predicted octanol–water partition coefficient (Wildman–Crippen LogP) is 5.39. The summed E-state index contributed by atoms with van der Waals surface area (Å²) in [5.74, 6) is -5.17. The van der Waals surface area contributed by atoms with Crippen LogP contribution in [0.4, 0.5) is 0 Å². The van der Waals surface area contributed by atoms with E-state index >= 15 is 0 Å². The first kappa shape index (κ1) is 27.4. The predicted molar refractivity (Wildman–Crippen MR) is 156 cm³/mol. The van der Waals surface area contributed by atoms with Gasteiger partial charge in [0.05, 0.1) is 0 Å². The van der Waals surface area contributed by atoms with Crippen LogP contribution in [-0.2, 0) is 12.8 Å². The van der Waals surface area contributed by atoms with Crippen molar-refractivity contribution in [2.45, 2.75) is 19.8 Å². The number of carbonyl (C=O) groups is 4. The van der Waals surface area contributed by atoms with E-state index in [0.29, 0.717) is 0 Å². The van der Waals surface area contributed by atoms with Crippen LogP contribution in [0.3, 0.4) is 0 Å². The number of phenols is 4. The van der Waals surface area contributed by atoms with Crippen LogP contribution in [0.25, 0.3) is 0 Å². The van der Waals surface area contributed by atoms with Gasteiger partial charge in [0.25, 0.3) is 0 Å². The zero-order chi connectivity index (χ0) is 30.6. The number of rotatable bonds is 5. The largest absolute Gasteiger partial charge is 0.504 e. The van der Waals surface area contributed by atoms with E-state index in [9.17, 15) is 39.6 Å². The molecule has 2 aliphatic rings. The fraction of sp³-hybridized carbons (Fsp3) is 0.0857. The number of hydrogen-bond donors (Lipinski definition) is 4. The summed E-state index contributed by atoms with van der Waals surface area (Å²) in [5.41, 5.74) is 0.185. The molecular weight excluding hydrogens is 548 g/mol. The molecule has 4 aromatic rings. The van der Waals surface area contributed by atoms with E-state index in [2.05, 4.69) is 0 Å². The summed E-state index contributed by atoms with van der Waals surface area (Å²) >= 11 is 0. The van der Waals surface area contributed by atoms with Crippen LogP contribution < -0.4 is 0 Å². The summed E-state index contributed by atoms with van der Waals surface area (Å²) in [6.07, 6.45) is 1.06. The minimum Gasteiger partial charge on any atom is -0.504 e. The lowest BCUT2D eigenvalue weighted by atomic mass is 9.74. The molecule has 0 bridgehead atoms. The van der Waals surface area contributed by atoms with E-state index in [-0.39, 0.29) is 62.9 Å². The van der Waals surface area contributed by atoms with Gasteiger partial charge in [-0.05, 0) is 36.3 Å². The monoisotopic (exact) mass is 572 g/mol. The Morgan fingerprint density at radius 3 is 1.56 bits per heavy atom. The number of benzene rings is 4. The van der Waals surface area contributed by atoms with E-state index in [1.165, 1.54) is 6.92 Å². The minimum atomic E-state index is -0.786. The van der Waals surface area contributed by atoms with E-state index in [1.807, 2.05) is 0 Å². The molecule has 6 rings (SSSR count). The lowest BCUT2D eigenvalue weighted by Gasteiger charge is -2.26. The highest BCUT2D eigenvalue weighted by atomic mass is 16.3. The Morgan fingerprint density at radius 2 is 1.05 bits per heavy atom. The topological polar surface area (TPSA) is 149 Å². The summed E-state index contributed by atoms with van der Waals surface area (Å²) < 4.78 is 0. The van der Waals surface area contributed by atoms with Gasteiger partial charge in [-0.2, -0.15) is 0 Å². The molecule has 0 amide bonds. The molecule has 4 N–H and O–H groups in total. The van der Waals surface area contributed by atoms with Crippen LogP contribution in [0.1, 0.15) is 70.6 Å². The summed E-state index contributed by atoms with van der Waals surface area (Å²) in [6, 6.07) is 19.7. The van der Waals surface area contributed by atoms with Crippen molar-refractivity contribution in [3.63, 3.8) is 0 Å². The van der Waals surface area contributed by atoms with Gasteiger partial charge in [0.15, 0.2) is 46.1 Å². The Kier molecular flexibility index (Phi) is 6.54. The smallest absolute Gasteiger partial charge is 0.195 e. The van der Waals surface area contributed by atoms with Gasteiger partial charge >= 0.3 is 0 Å². The highest BCUT2D eigenvalue weighted by Gasteiger charge is 2.40. The van der Waals surface area contributed by atoms with Crippen molar-refractivity contribution in [3.8, 4) is 23.0 Å². The van der Waals surface area contributed by atoms with Gasteiger partial charge in [0, 0.05) is 62.9 Å². The highest BCUT2D eigenvalue weighted by molar-refractivity contribution is 6.36. The molecule has 2 aliphatic carbocycles. The Labute approximate surface area is 245 Å². The molecule has 0 fully saturated rings. The van der Waals surface area contributed by atoms with Gasteiger partial charge in [-0.3, -0.25) is 19.2 Å². The van der Waals surface area contributed by atoms with Crippen LogP contribution in [0.5, 0.6) is 23.0 Å². The second-order valence-electron chi connectivity index (χ2n) is 10.5. The SMILES string of the molecule is CC1=C(C2=CC(=O)c3c(cc(O)c(O)c3Cc3ccccc3)C2=O)C(=O)c2cc(O)c(O)c(Cc3ccccc3)c2C1=O. The van der Waals surface area contributed by atoms with Crippen LogP contribution >= 0.6 is 0 Å². The number of aromatic hydroxyl groups is 4. The summed E-state index contributed by atoms with van der Waals surface area (Å²) in [6.45, 7) is 1.36. The van der Waals surface area contributed by atoms with Crippen molar-refractivity contribution in [2.24, 2.45) is 0 Å². The maximum atomic E-state index is 13.9. The lowest BCUT2D eigenvalue weighted by molar-refractivity contribution is 0.0956. The lowest BCUT2D eigenvalue weighted by Crippen LogP contribution is -2.28. The Bertz CT molecular complexity index is 1960. The Hall–Kier alpha value is -5.76. The van der Waals surface area contributed by atoms with Gasteiger partial charge in [-0.25, -0.2) is 0 Å². The van der Waals surface area contributed by atoms with E-state index < -0.39 is 46.1 Å². The number of allylic oxidation sites excluding steroid dienone is 4. The number of Topliss-reactive ketones (excluding diaryl/α,β-unsaturated/α-hetero) is 3. The molecule has 0 atom stereocenters. The second kappa shape index (κ2) is 10.3. The molecule has 0 saturated heterocycles. The van der Waals surface area contributed by atoms with Gasteiger partial charge in [-0.15, -0.1) is 0 Å². The van der Waals surface area contributed by atoms with E-state index in [1.54, 1.807) is 60.7 Å². The van der Waals surface area contributed by atoms with Gasteiger partial charge in [0.1, 0.15) is 0 Å². The number of ketones is 4. The minimum absolute atomic E-state index is 0.0467. The number of carbonyl (C=O) groups excluding carboxylic acids is 4. The number of hydrogen-bond acceptors (Lipinski definition) is 8. The van der Waals surface area contributed by atoms with E-state index in [4.69, 9.17) is 0 Å². The first-order valence-electron chi connectivity index (χ1n) is 13.4. The summed E-state index contributed by atoms with van der Waals surface area (Å²) in [5, 5.41) is 42.4. The molecule has 0 saturated carbocycles. The molecule has 212 valence electrons. The molecule has 0 aliphatic heterocycles. The molecule has 8 nitrogen and oxygen atoms in total. The first-order chi connectivity index (χ1) is 20.6. The highest BCUT2D eigenvalue weighted by Crippen LogP contribution is 2.44. The van der Waals surface area contributed by atoms with Crippen LogP contribution in [0.15, 0.2) is 95.6 Å². The third-order valence-electron chi connectivity index (χ3n) is 7.90. The normalized spacial score (nSPS) is 14.5. The Morgan fingerprint density at radius 1 is 0.581 bits per heavy atom. The maximum absolute atomic E-state index is 13.9. The zero-order valence-corrected chi connectivity index (χ0v) is 22.8. The van der Waals surface area contributed by atoms with Crippen LogP contribution in [-0.4, -0.2) is 43.6 Å². The molecule has 8 heteroatoms. The van der Waals surface area contributed by atoms with Crippen LogP contribution in [0.2, 0.25) is 0 Å². The maximum Gasteiger partial charge on any atom is 0.195 e. The molecule has 0 unspecified atom stereocenters. The molecule has 0 heterocycles. The zero-order valence-electron chi connectivity index (χ0n) is 22.8. The van der Waals surface area contributed by atoms with Gasteiger partial charge in [0.2, 0.25) is 0 Å². The molecule has 43 heavy (non-hydrogen) atoms. The van der Waals surface area contributed by atoms with E-state index in [0.717, 1.165) is 29.3 Å². The van der Waals surface area contributed by atoms with Crippen molar-refractivity contribution in [1.82, 2.24) is 0 Å². The molecule has 4 aromatic carbocycles. The standard InChI is InChI=1S/C35H24O8/c1-17-28(35(43)24-16-27(38)34(42)21(30(24)31(17)39)13-19-10-6-3-7-11-19)22-14-25(36)29-20(12-18-8-4-2-5-9-18)33(41)26(37)15-23(29)32(22)40/h2-11,14-16,37-38,41-42H,12-13H2,1H3. The van der Waals surface area contributed by atoms with Crippen LogP contribution in [0, 0.1) is 0 Å². The fourth-order valence-electron chi connectivity index (χ4n) is 5.80. The quantitative estimate of drug-likeness (QED) is 0.233. The average Bonchev–Trinajstić information content (AvgIpc) is 3.00. The number of phenolic OH excluding ortho intramolecular Hbond substituents is 4. The molecule has 0 aromatic heterocycles. The number of fused-ring (bicyclic) bond motifs is 2. The molecule has 0 spiro atoms. The van der Waals surface area contributed by atoms with Crippen molar-refractivity contribution in [1.29, 1.82) is 0 Å². The van der Waals surface area contributed by atoms with Gasteiger partial charge in [-0.1, -0.05) is 60.7 Å². The molecular formula is C35H24O8. The van der Waals surface area contributed by atoms with Crippen molar-refractivity contribution < 1.29 is 39.6 Å². The Balaban J connectivity index is 1.47. The fourth-order valence-corrected chi connectivity index (χ4v) is 5.80. The average molecular weight is 573 g/mol.